The molecule has 1 aliphatic rings. The van der Waals surface area contributed by atoms with E-state index in [0.717, 1.165) is 0 Å². The highest BCUT2D eigenvalue weighted by Gasteiger charge is 2.44. The predicted molar refractivity (Wildman–Crippen MR) is 69.9 cm³/mol. The first-order valence-electron chi connectivity index (χ1n) is 6.29. The molecule has 1 aliphatic heterocycles. The molecule has 5 atom stereocenters. The van der Waals surface area contributed by atoms with Crippen LogP contribution in [0.1, 0.15) is 9.67 Å². The number of aliphatic hydroxyl groups excluding tert-OH is 4. The SMILES string of the molecule is O=C(c1cnc(N[C@@H]2O[C@H](CO)[C@@H](O)[C@H](O)[C@@H]2O)s1)C(F)(F)F. The maximum atomic E-state index is 12.3. The van der Waals surface area contributed by atoms with E-state index >= 15 is 0 Å². The number of carbonyl (C=O) groups excluding carboxylic acids is 1. The summed E-state index contributed by atoms with van der Waals surface area (Å²) in [5, 5.41) is 40.2. The van der Waals surface area contributed by atoms with Crippen LogP contribution in [0.25, 0.3) is 0 Å². The fraction of sp³-hybridized carbons (Fsp3) is 0.636. The number of thiazole rings is 1. The summed E-state index contributed by atoms with van der Waals surface area (Å²) in [5.41, 5.74) is 0. The number of aliphatic hydroxyl groups is 4. The lowest BCUT2D eigenvalue weighted by molar-refractivity contribution is -0.221. The monoisotopic (exact) mass is 358 g/mol. The van der Waals surface area contributed by atoms with Gasteiger partial charge in [0.05, 0.1) is 12.8 Å². The van der Waals surface area contributed by atoms with Gasteiger partial charge in [0.2, 0.25) is 0 Å². The Hall–Kier alpha value is -1.31. The Labute approximate surface area is 131 Å². The number of hydrogen-bond acceptors (Lipinski definition) is 9. The highest BCUT2D eigenvalue weighted by Crippen LogP contribution is 2.29. The number of nitrogens with zero attached hydrogens (tertiary/aromatic N) is 1. The number of rotatable bonds is 4. The average molecular weight is 358 g/mol. The molecule has 0 aliphatic carbocycles. The van der Waals surface area contributed by atoms with Gasteiger partial charge >= 0.3 is 6.18 Å². The second-order valence-electron chi connectivity index (χ2n) is 4.75. The van der Waals surface area contributed by atoms with Crippen LogP contribution in [0.15, 0.2) is 6.20 Å². The molecule has 0 amide bonds. The van der Waals surface area contributed by atoms with Crippen molar-refractivity contribution in [3.05, 3.63) is 11.1 Å². The molecule has 0 bridgehead atoms. The van der Waals surface area contributed by atoms with Crippen LogP contribution in [0.2, 0.25) is 0 Å². The van der Waals surface area contributed by atoms with Crippen LogP contribution in [0.3, 0.4) is 0 Å². The predicted octanol–water partition coefficient (Wildman–Crippen LogP) is -0.900. The molecule has 0 radical (unpaired) electrons. The molecule has 0 saturated carbocycles. The van der Waals surface area contributed by atoms with Crippen LogP contribution in [0.5, 0.6) is 0 Å². The van der Waals surface area contributed by atoms with E-state index in [1.807, 2.05) is 0 Å². The molecule has 0 spiro atoms. The standard InChI is InChI=1S/C11H13F3N2O6S/c12-11(13,14)8(21)4-1-15-10(23-4)16-9-7(20)6(19)5(18)3(2-17)22-9/h1,3,5-7,9,17-20H,2H2,(H,15,16)/t3-,5-,6+,7+,9-/m1/s1. The third-order valence-corrected chi connectivity index (χ3v) is 4.07. The van der Waals surface area contributed by atoms with E-state index in [1.54, 1.807) is 0 Å². The van der Waals surface area contributed by atoms with Gasteiger partial charge in [-0.15, -0.1) is 0 Å². The van der Waals surface area contributed by atoms with Crippen molar-refractivity contribution in [1.82, 2.24) is 4.98 Å². The molecule has 1 aromatic rings. The quantitative estimate of drug-likeness (QED) is 0.438. The number of alkyl halides is 3. The minimum atomic E-state index is -5.03. The Morgan fingerprint density at radius 2 is 1.96 bits per heavy atom. The number of Topliss-reactive ketones (excluding diaryl/α,β-unsaturated/α-hetero) is 1. The number of aromatic nitrogens is 1. The zero-order valence-electron chi connectivity index (χ0n) is 11.3. The Balaban J connectivity index is 2.10. The van der Waals surface area contributed by atoms with Crippen LogP contribution in [-0.2, 0) is 4.74 Å². The van der Waals surface area contributed by atoms with Crippen molar-refractivity contribution in [2.24, 2.45) is 0 Å². The van der Waals surface area contributed by atoms with E-state index in [0.29, 0.717) is 17.5 Å². The van der Waals surface area contributed by atoms with Crippen molar-refractivity contribution in [2.45, 2.75) is 36.8 Å². The largest absolute Gasteiger partial charge is 0.455 e. The van der Waals surface area contributed by atoms with Crippen molar-refractivity contribution < 1.29 is 43.1 Å². The lowest BCUT2D eigenvalue weighted by Gasteiger charge is -2.40. The van der Waals surface area contributed by atoms with E-state index in [4.69, 9.17) is 9.84 Å². The van der Waals surface area contributed by atoms with Gasteiger partial charge in [0, 0.05) is 0 Å². The average Bonchev–Trinajstić information content (AvgIpc) is 2.94. The minimum Gasteiger partial charge on any atom is -0.394 e. The van der Waals surface area contributed by atoms with Gasteiger partial charge in [-0.3, -0.25) is 4.79 Å². The summed E-state index contributed by atoms with van der Waals surface area (Å²) in [6.07, 6.45) is -11.7. The summed E-state index contributed by atoms with van der Waals surface area (Å²) in [4.78, 5) is 14.0. The van der Waals surface area contributed by atoms with Gasteiger partial charge in [-0.25, -0.2) is 4.98 Å². The van der Waals surface area contributed by atoms with Crippen molar-refractivity contribution in [3.8, 4) is 0 Å². The maximum absolute atomic E-state index is 12.3. The first-order chi connectivity index (χ1) is 10.6. The van der Waals surface area contributed by atoms with Crippen molar-refractivity contribution in [1.29, 1.82) is 0 Å². The summed E-state index contributed by atoms with van der Waals surface area (Å²) in [6, 6.07) is 0. The van der Waals surface area contributed by atoms with Crippen molar-refractivity contribution in [2.75, 3.05) is 11.9 Å². The van der Waals surface area contributed by atoms with Crippen molar-refractivity contribution >= 4 is 22.3 Å². The number of ketones is 1. The number of ether oxygens (including phenoxy) is 1. The molecule has 12 heteroatoms. The number of anilines is 1. The molecule has 0 aromatic carbocycles. The van der Waals surface area contributed by atoms with Gasteiger partial charge in [-0.2, -0.15) is 13.2 Å². The zero-order valence-corrected chi connectivity index (χ0v) is 12.1. The molecule has 130 valence electrons. The Morgan fingerprint density at radius 1 is 1.30 bits per heavy atom. The smallest absolute Gasteiger partial charge is 0.394 e. The molecule has 5 N–H and O–H groups in total. The summed E-state index contributed by atoms with van der Waals surface area (Å²) in [6.45, 7) is -0.654. The lowest BCUT2D eigenvalue weighted by Crippen LogP contribution is -2.60. The van der Waals surface area contributed by atoms with Gasteiger partial charge in [-0.1, -0.05) is 11.3 Å². The zero-order chi connectivity index (χ0) is 17.4. The van der Waals surface area contributed by atoms with Crippen LogP contribution in [-0.4, -0.2) is 74.6 Å². The number of halogens is 3. The summed E-state index contributed by atoms with van der Waals surface area (Å²) >= 11 is 0.385. The van der Waals surface area contributed by atoms with Crippen LogP contribution >= 0.6 is 11.3 Å². The lowest BCUT2D eigenvalue weighted by atomic mass is 9.98. The molecule has 0 unspecified atom stereocenters. The Kier molecular flexibility index (Phi) is 5.23. The van der Waals surface area contributed by atoms with E-state index in [2.05, 4.69) is 10.3 Å². The van der Waals surface area contributed by atoms with Crippen LogP contribution in [0.4, 0.5) is 18.3 Å². The van der Waals surface area contributed by atoms with Crippen LogP contribution < -0.4 is 5.32 Å². The highest BCUT2D eigenvalue weighted by atomic mass is 32.1. The summed E-state index contributed by atoms with van der Waals surface area (Å²) in [5.74, 6) is -2.06. The van der Waals surface area contributed by atoms with E-state index in [9.17, 15) is 33.3 Å². The topological polar surface area (TPSA) is 132 Å². The fourth-order valence-corrected chi connectivity index (χ4v) is 2.73. The molecule has 1 saturated heterocycles. The van der Waals surface area contributed by atoms with Crippen LogP contribution in [0, 0.1) is 0 Å². The summed E-state index contributed by atoms with van der Waals surface area (Å²) in [7, 11) is 0. The number of hydrogen-bond donors (Lipinski definition) is 5. The fourth-order valence-electron chi connectivity index (χ4n) is 1.93. The van der Waals surface area contributed by atoms with E-state index in [-0.39, 0.29) is 5.13 Å². The normalized spacial score (nSPS) is 31.9. The van der Waals surface area contributed by atoms with Gasteiger partial charge in [-0.05, 0) is 0 Å². The van der Waals surface area contributed by atoms with Gasteiger partial charge < -0.3 is 30.5 Å². The van der Waals surface area contributed by atoms with Crippen molar-refractivity contribution in [3.63, 3.8) is 0 Å². The Morgan fingerprint density at radius 3 is 2.52 bits per heavy atom. The molecule has 23 heavy (non-hydrogen) atoms. The number of carbonyl (C=O) groups is 1. The molecule has 2 rings (SSSR count). The van der Waals surface area contributed by atoms with E-state index in [1.165, 1.54) is 0 Å². The third kappa shape index (κ3) is 3.79. The number of nitrogens with one attached hydrogen (secondary N) is 1. The minimum absolute atomic E-state index is 0.165. The van der Waals surface area contributed by atoms with Gasteiger partial charge in [0.1, 0.15) is 29.3 Å². The molecule has 1 fully saturated rings. The highest BCUT2D eigenvalue weighted by molar-refractivity contribution is 7.17. The van der Waals surface area contributed by atoms with Gasteiger partial charge in [0.15, 0.2) is 11.4 Å². The summed E-state index contributed by atoms with van der Waals surface area (Å²) < 4.78 is 42.0. The molecular formula is C11H13F3N2O6S. The first-order valence-corrected chi connectivity index (χ1v) is 7.11. The second-order valence-corrected chi connectivity index (χ2v) is 5.78. The maximum Gasteiger partial charge on any atom is 0.455 e. The second kappa shape index (κ2) is 6.67. The van der Waals surface area contributed by atoms with Gasteiger partial charge in [0.25, 0.3) is 5.78 Å². The van der Waals surface area contributed by atoms with E-state index < -0.39 is 54.1 Å². The molecular weight excluding hydrogens is 345 g/mol. The Bertz CT molecular complexity index is 566. The first kappa shape index (κ1) is 18.0. The molecule has 1 aromatic heterocycles. The molecule has 2 heterocycles. The molecule has 8 nitrogen and oxygen atoms in total. The third-order valence-electron chi connectivity index (χ3n) is 3.14.